The number of hydrogen-bond acceptors (Lipinski definition) is 4. The van der Waals surface area contributed by atoms with E-state index < -0.39 is 0 Å². The molecule has 6 heteroatoms. The molecule has 5 nitrogen and oxygen atoms in total. The van der Waals surface area contributed by atoms with E-state index in [2.05, 4.69) is 17.4 Å². The predicted octanol–water partition coefficient (Wildman–Crippen LogP) is 4.96. The number of amides is 2. The zero-order valence-corrected chi connectivity index (χ0v) is 18.6. The highest BCUT2D eigenvalue weighted by molar-refractivity contribution is 8.00. The van der Waals surface area contributed by atoms with Crippen molar-refractivity contribution >= 4 is 35.0 Å². The highest BCUT2D eigenvalue weighted by Crippen LogP contribution is 2.38. The van der Waals surface area contributed by atoms with E-state index in [0.717, 1.165) is 12.0 Å². The van der Waals surface area contributed by atoms with Crippen LogP contribution in [0.5, 0.6) is 0 Å². The van der Waals surface area contributed by atoms with E-state index in [4.69, 9.17) is 0 Å². The van der Waals surface area contributed by atoms with Gasteiger partial charge in [-0.05, 0) is 48.7 Å². The van der Waals surface area contributed by atoms with Crippen LogP contribution in [-0.4, -0.2) is 34.8 Å². The summed E-state index contributed by atoms with van der Waals surface area (Å²) in [5.41, 5.74) is 3.86. The fourth-order valence-corrected chi connectivity index (χ4v) is 4.90. The lowest BCUT2D eigenvalue weighted by molar-refractivity contribution is -0.128. The minimum atomic E-state index is -0.242. The molecule has 0 aliphatic carbocycles. The van der Waals surface area contributed by atoms with Crippen LogP contribution in [0.4, 0.5) is 5.69 Å². The molecular weight excluding hydrogens is 420 g/mol. The Labute approximate surface area is 191 Å². The predicted molar refractivity (Wildman–Crippen MR) is 128 cm³/mol. The lowest BCUT2D eigenvalue weighted by atomic mass is 10.1. The molecule has 3 aromatic rings. The number of carbonyl (C=O) groups excluding carboxylic acids is 3. The smallest absolute Gasteiger partial charge is 0.255 e. The van der Waals surface area contributed by atoms with Gasteiger partial charge in [0.25, 0.3) is 5.91 Å². The summed E-state index contributed by atoms with van der Waals surface area (Å²) in [4.78, 5) is 38.6. The Hall–Kier alpha value is -3.38. The first kappa shape index (κ1) is 21.8. The van der Waals surface area contributed by atoms with Crippen molar-refractivity contribution < 1.29 is 14.4 Å². The van der Waals surface area contributed by atoms with Gasteiger partial charge in [-0.25, -0.2) is 0 Å². The van der Waals surface area contributed by atoms with Crippen LogP contribution in [0, 0.1) is 0 Å². The van der Waals surface area contributed by atoms with Crippen molar-refractivity contribution in [2.24, 2.45) is 0 Å². The normalized spacial score (nSPS) is 15.6. The third kappa shape index (κ3) is 5.08. The Morgan fingerprint density at radius 3 is 2.44 bits per heavy atom. The molecule has 2 amide bonds. The molecule has 0 bridgehead atoms. The molecule has 0 unspecified atom stereocenters. The van der Waals surface area contributed by atoms with Gasteiger partial charge in [-0.1, -0.05) is 54.6 Å². The van der Waals surface area contributed by atoms with E-state index in [0.29, 0.717) is 29.1 Å². The molecular formula is C26H24N2O3S. The maximum Gasteiger partial charge on any atom is 0.255 e. The van der Waals surface area contributed by atoms with Gasteiger partial charge in [-0.2, -0.15) is 0 Å². The van der Waals surface area contributed by atoms with Crippen LogP contribution < -0.4 is 5.32 Å². The van der Waals surface area contributed by atoms with Crippen molar-refractivity contribution in [3.05, 3.63) is 101 Å². The van der Waals surface area contributed by atoms with Crippen molar-refractivity contribution in [3.8, 4) is 0 Å². The van der Waals surface area contributed by atoms with Gasteiger partial charge in [0.15, 0.2) is 5.78 Å². The molecule has 162 valence electrons. The number of nitrogens with one attached hydrogen (secondary N) is 1. The summed E-state index contributed by atoms with van der Waals surface area (Å²) < 4.78 is 0. The Kier molecular flexibility index (Phi) is 6.71. The van der Waals surface area contributed by atoms with Gasteiger partial charge in [0, 0.05) is 23.4 Å². The second kappa shape index (κ2) is 9.83. The molecule has 0 saturated carbocycles. The van der Waals surface area contributed by atoms with Crippen LogP contribution in [0.25, 0.3) is 0 Å². The number of benzene rings is 3. The van der Waals surface area contributed by atoms with Crippen molar-refractivity contribution in [2.75, 3.05) is 17.6 Å². The first-order chi connectivity index (χ1) is 15.5. The van der Waals surface area contributed by atoms with Crippen molar-refractivity contribution in [1.82, 2.24) is 4.90 Å². The number of carbonyl (C=O) groups is 3. The van der Waals surface area contributed by atoms with E-state index in [1.807, 2.05) is 35.2 Å². The molecule has 1 fully saturated rings. The van der Waals surface area contributed by atoms with Gasteiger partial charge in [0.2, 0.25) is 5.91 Å². The molecule has 3 aromatic carbocycles. The van der Waals surface area contributed by atoms with E-state index in [9.17, 15) is 14.4 Å². The zero-order valence-electron chi connectivity index (χ0n) is 17.8. The zero-order chi connectivity index (χ0) is 22.5. The fraction of sp³-hybridized carbons (Fsp3) is 0.192. The van der Waals surface area contributed by atoms with Crippen molar-refractivity contribution in [3.63, 3.8) is 0 Å². The van der Waals surface area contributed by atoms with Gasteiger partial charge in [0.1, 0.15) is 5.37 Å². The first-order valence-corrected chi connectivity index (χ1v) is 11.5. The van der Waals surface area contributed by atoms with Crippen LogP contribution in [0.3, 0.4) is 0 Å². The van der Waals surface area contributed by atoms with Gasteiger partial charge < -0.3 is 10.2 Å². The highest BCUT2D eigenvalue weighted by Gasteiger charge is 2.32. The molecule has 4 rings (SSSR count). The average molecular weight is 445 g/mol. The van der Waals surface area contributed by atoms with Gasteiger partial charge in [-0.15, -0.1) is 11.8 Å². The number of ketones is 1. The number of Topliss-reactive ketones (excluding diaryl/α,β-unsaturated/α-hetero) is 1. The van der Waals surface area contributed by atoms with Crippen LogP contribution in [0.2, 0.25) is 0 Å². The number of anilines is 1. The number of thioether (sulfide) groups is 1. The molecule has 1 atom stereocenters. The van der Waals surface area contributed by atoms with Gasteiger partial charge >= 0.3 is 0 Å². The molecule has 0 radical (unpaired) electrons. The standard InChI is InChI=1S/C26H24N2O3S/c1-18(29)22-8-5-9-23(16-22)27-25(31)20-10-12-21(13-11-20)26-28(24(30)17-32-26)15-14-19-6-3-2-4-7-19/h2-13,16,26H,14-15,17H2,1H3,(H,27,31)/t26-/m1/s1. The largest absolute Gasteiger partial charge is 0.326 e. The molecule has 1 heterocycles. The second-order valence-corrected chi connectivity index (χ2v) is 8.77. The van der Waals surface area contributed by atoms with Crippen LogP contribution >= 0.6 is 11.8 Å². The number of nitrogens with zero attached hydrogens (tertiary/aromatic N) is 1. The third-order valence-corrected chi connectivity index (χ3v) is 6.69. The minimum Gasteiger partial charge on any atom is -0.326 e. The van der Waals surface area contributed by atoms with Crippen molar-refractivity contribution in [2.45, 2.75) is 18.7 Å². The van der Waals surface area contributed by atoms with E-state index in [1.165, 1.54) is 12.5 Å². The minimum absolute atomic E-state index is 0.0458. The summed E-state index contributed by atoms with van der Waals surface area (Å²) in [5.74, 6) is 0.316. The number of rotatable bonds is 7. The summed E-state index contributed by atoms with van der Waals surface area (Å²) >= 11 is 1.61. The molecule has 1 N–H and O–H groups in total. The Morgan fingerprint density at radius 1 is 0.969 bits per heavy atom. The van der Waals surface area contributed by atoms with Gasteiger partial charge in [0.05, 0.1) is 5.75 Å². The monoisotopic (exact) mass is 444 g/mol. The Morgan fingerprint density at radius 2 is 1.72 bits per heavy atom. The number of hydrogen-bond donors (Lipinski definition) is 1. The quantitative estimate of drug-likeness (QED) is 0.523. The summed E-state index contributed by atoms with van der Waals surface area (Å²) in [6.45, 7) is 2.16. The fourth-order valence-electron chi connectivity index (χ4n) is 3.68. The SMILES string of the molecule is CC(=O)c1cccc(NC(=O)c2ccc([C@H]3SCC(=O)N3CCc3ccccc3)cc2)c1. The lowest BCUT2D eigenvalue weighted by Gasteiger charge is -2.24. The van der Waals surface area contributed by atoms with Crippen LogP contribution in [-0.2, 0) is 11.2 Å². The van der Waals surface area contributed by atoms with E-state index >= 15 is 0 Å². The van der Waals surface area contributed by atoms with E-state index in [-0.39, 0.29) is 23.0 Å². The molecule has 0 aromatic heterocycles. The van der Waals surface area contributed by atoms with Crippen LogP contribution in [0.15, 0.2) is 78.9 Å². The maximum atomic E-state index is 12.6. The molecule has 0 spiro atoms. The van der Waals surface area contributed by atoms with Crippen molar-refractivity contribution in [1.29, 1.82) is 0 Å². The molecule has 1 aliphatic rings. The van der Waals surface area contributed by atoms with E-state index in [1.54, 1.807) is 48.2 Å². The maximum absolute atomic E-state index is 12.6. The second-order valence-electron chi connectivity index (χ2n) is 7.70. The first-order valence-electron chi connectivity index (χ1n) is 10.5. The average Bonchev–Trinajstić information content (AvgIpc) is 3.19. The van der Waals surface area contributed by atoms with Gasteiger partial charge in [-0.3, -0.25) is 14.4 Å². The summed E-state index contributed by atoms with van der Waals surface area (Å²) in [6.07, 6.45) is 0.809. The molecule has 32 heavy (non-hydrogen) atoms. The summed E-state index contributed by atoms with van der Waals surface area (Å²) in [5, 5.41) is 2.79. The Balaban J connectivity index is 1.43. The topological polar surface area (TPSA) is 66.5 Å². The van der Waals surface area contributed by atoms with Crippen LogP contribution in [0.1, 0.15) is 44.1 Å². The molecule has 1 aliphatic heterocycles. The third-order valence-electron chi connectivity index (χ3n) is 5.44. The molecule has 1 saturated heterocycles. The summed E-state index contributed by atoms with van der Waals surface area (Å²) in [6, 6.07) is 24.4. The Bertz CT molecular complexity index is 1130. The lowest BCUT2D eigenvalue weighted by Crippen LogP contribution is -2.30. The summed E-state index contributed by atoms with van der Waals surface area (Å²) in [7, 11) is 0. The highest BCUT2D eigenvalue weighted by atomic mass is 32.2.